The Morgan fingerprint density at radius 1 is 1.15 bits per heavy atom. The second kappa shape index (κ2) is 6.08. The van der Waals surface area contributed by atoms with E-state index < -0.39 is 4.92 Å². The van der Waals surface area contributed by atoms with Crippen molar-refractivity contribution in [2.75, 3.05) is 10.7 Å². The number of para-hydroxylation sites is 1. The van der Waals surface area contributed by atoms with Crippen molar-refractivity contribution in [1.82, 2.24) is 0 Å². The van der Waals surface area contributed by atoms with E-state index >= 15 is 0 Å². The minimum atomic E-state index is -0.504. The molecule has 6 nitrogen and oxygen atoms in total. The average Bonchev–Trinajstić information content (AvgIpc) is 2.43. The van der Waals surface area contributed by atoms with Crippen molar-refractivity contribution < 1.29 is 4.92 Å². The van der Waals surface area contributed by atoms with Crippen LogP contribution >= 0.6 is 27.5 Å². The number of benzene rings is 2. The normalized spacial score (nSPS) is 10.2. The molecule has 0 aliphatic rings. The summed E-state index contributed by atoms with van der Waals surface area (Å²) >= 11 is 9.32. The van der Waals surface area contributed by atoms with Crippen molar-refractivity contribution in [3.63, 3.8) is 0 Å². The maximum Gasteiger partial charge on any atom is 0.316 e. The number of nitrogens with two attached hydrogens (primary N) is 1. The van der Waals surface area contributed by atoms with Crippen LogP contribution in [-0.4, -0.2) is 4.92 Å². The summed E-state index contributed by atoms with van der Waals surface area (Å²) in [6, 6.07) is 9.98. The summed E-state index contributed by atoms with van der Waals surface area (Å²) in [6.07, 6.45) is 0. The van der Waals surface area contributed by atoms with Crippen molar-refractivity contribution >= 4 is 50.3 Å². The van der Waals surface area contributed by atoms with E-state index in [0.29, 0.717) is 20.9 Å². The Morgan fingerprint density at radius 2 is 1.75 bits per heavy atom. The van der Waals surface area contributed by atoms with Gasteiger partial charge in [-0.1, -0.05) is 23.7 Å². The lowest BCUT2D eigenvalue weighted by Crippen LogP contribution is -2.10. The molecule has 0 saturated heterocycles. The summed E-state index contributed by atoms with van der Waals surface area (Å²) in [4.78, 5) is 10.7. The third-order valence-corrected chi connectivity index (χ3v) is 3.99. The molecule has 0 spiro atoms. The van der Waals surface area contributed by atoms with Gasteiger partial charge in [0, 0.05) is 0 Å². The lowest BCUT2D eigenvalue weighted by Gasteiger charge is -2.11. The summed E-state index contributed by atoms with van der Waals surface area (Å²) in [5.41, 5.74) is 3.33. The van der Waals surface area contributed by atoms with Gasteiger partial charge in [0.05, 0.1) is 20.1 Å². The summed E-state index contributed by atoms with van der Waals surface area (Å²) in [5, 5.41) is 14.7. The van der Waals surface area contributed by atoms with Crippen molar-refractivity contribution in [3.8, 4) is 0 Å². The van der Waals surface area contributed by atoms with Crippen molar-refractivity contribution in [3.05, 3.63) is 56.0 Å². The van der Waals surface area contributed by atoms with Crippen LogP contribution < -0.4 is 16.6 Å². The number of hydrogen-bond donors (Lipinski definition) is 3. The van der Waals surface area contributed by atoms with Crippen molar-refractivity contribution in [1.29, 1.82) is 0 Å². The molecule has 2 rings (SSSR count). The van der Waals surface area contributed by atoms with Crippen LogP contribution in [0.1, 0.15) is 0 Å². The molecule has 0 aromatic heterocycles. The molecule has 0 aliphatic carbocycles. The van der Waals surface area contributed by atoms with Gasteiger partial charge >= 0.3 is 5.69 Å². The van der Waals surface area contributed by atoms with E-state index in [9.17, 15) is 10.1 Å². The summed E-state index contributed by atoms with van der Waals surface area (Å²) < 4.78 is 0.627. The SMILES string of the molecule is NNc1cccc(Nc2cccc(Cl)c2Br)c1[N+](=O)[O-]. The third-order valence-electron chi connectivity index (χ3n) is 2.60. The molecule has 2 aromatic rings. The number of nitrogen functional groups attached to an aromatic ring is 1. The number of nitrogens with zero attached hydrogens (tertiary/aromatic N) is 1. The molecule has 20 heavy (non-hydrogen) atoms. The van der Waals surface area contributed by atoms with Crippen molar-refractivity contribution in [2.45, 2.75) is 0 Å². The maximum atomic E-state index is 11.2. The van der Waals surface area contributed by atoms with E-state index in [1.807, 2.05) is 0 Å². The Bertz CT molecular complexity index is 666. The monoisotopic (exact) mass is 356 g/mol. The molecule has 0 fully saturated rings. The molecule has 104 valence electrons. The van der Waals surface area contributed by atoms with E-state index in [1.165, 1.54) is 6.07 Å². The number of nitro benzene ring substituents is 1. The summed E-state index contributed by atoms with van der Waals surface area (Å²) in [6.45, 7) is 0. The predicted octanol–water partition coefficient (Wildman–Crippen LogP) is 4.04. The molecule has 0 radical (unpaired) electrons. The highest BCUT2D eigenvalue weighted by Gasteiger charge is 2.19. The van der Waals surface area contributed by atoms with Gasteiger partial charge in [-0.25, -0.2) is 0 Å². The fourth-order valence-corrected chi connectivity index (χ4v) is 2.24. The topological polar surface area (TPSA) is 93.2 Å². The van der Waals surface area contributed by atoms with Crippen LogP contribution in [0, 0.1) is 10.1 Å². The molecule has 0 atom stereocenters. The molecule has 2 aromatic carbocycles. The van der Waals surface area contributed by atoms with Gasteiger partial charge in [-0.2, -0.15) is 0 Å². The fraction of sp³-hybridized carbons (Fsp3) is 0. The Kier molecular flexibility index (Phi) is 4.43. The van der Waals surface area contributed by atoms with Gasteiger partial charge in [-0.15, -0.1) is 0 Å². The lowest BCUT2D eigenvalue weighted by molar-refractivity contribution is -0.383. The Balaban J connectivity index is 2.48. The van der Waals surface area contributed by atoms with Crippen LogP contribution in [-0.2, 0) is 0 Å². The van der Waals surface area contributed by atoms with Gasteiger partial charge in [-0.3, -0.25) is 16.0 Å². The quantitative estimate of drug-likeness (QED) is 0.436. The van der Waals surface area contributed by atoms with Crippen molar-refractivity contribution in [2.24, 2.45) is 5.84 Å². The number of halogens is 2. The molecular weight excluding hydrogens is 348 g/mol. The average molecular weight is 358 g/mol. The van der Waals surface area contributed by atoms with Crippen LogP contribution in [0.2, 0.25) is 5.02 Å². The minimum Gasteiger partial charge on any atom is -0.349 e. The summed E-state index contributed by atoms with van der Waals surface area (Å²) in [7, 11) is 0. The van der Waals surface area contributed by atoms with E-state index in [1.54, 1.807) is 30.3 Å². The summed E-state index contributed by atoms with van der Waals surface area (Å²) in [5.74, 6) is 5.29. The second-order valence-electron chi connectivity index (χ2n) is 3.83. The molecule has 0 aliphatic heterocycles. The van der Waals surface area contributed by atoms with Crippen LogP contribution in [0.3, 0.4) is 0 Å². The number of nitrogens with one attached hydrogen (secondary N) is 2. The van der Waals surface area contributed by atoms with Crippen LogP contribution in [0.5, 0.6) is 0 Å². The Morgan fingerprint density at radius 3 is 2.40 bits per heavy atom. The van der Waals surface area contributed by atoms with Gasteiger partial charge < -0.3 is 10.7 Å². The largest absolute Gasteiger partial charge is 0.349 e. The minimum absolute atomic E-state index is 0.137. The standard InChI is InChI=1S/C12H10BrClN4O2/c13-11-7(14)3-1-4-8(11)16-9-5-2-6-10(17-15)12(9)18(19)20/h1-6,16-17H,15H2. The molecule has 8 heteroatoms. The lowest BCUT2D eigenvalue weighted by atomic mass is 10.2. The van der Waals surface area contributed by atoms with Gasteiger partial charge in [0.15, 0.2) is 0 Å². The van der Waals surface area contributed by atoms with Crippen LogP contribution in [0.15, 0.2) is 40.9 Å². The highest BCUT2D eigenvalue weighted by Crippen LogP contribution is 2.37. The predicted molar refractivity (Wildman–Crippen MR) is 83.3 cm³/mol. The van der Waals surface area contributed by atoms with Gasteiger partial charge in [0.2, 0.25) is 0 Å². The Hall–Kier alpha value is -1.83. The zero-order valence-electron chi connectivity index (χ0n) is 10.1. The molecule has 0 amide bonds. The molecule has 0 heterocycles. The van der Waals surface area contributed by atoms with E-state index in [-0.39, 0.29) is 11.4 Å². The third kappa shape index (κ3) is 2.84. The van der Waals surface area contributed by atoms with Crippen LogP contribution in [0.4, 0.5) is 22.7 Å². The van der Waals surface area contributed by atoms with E-state index in [0.717, 1.165) is 0 Å². The van der Waals surface area contributed by atoms with Crippen LogP contribution in [0.25, 0.3) is 0 Å². The number of hydrogen-bond acceptors (Lipinski definition) is 5. The van der Waals surface area contributed by atoms with E-state index in [4.69, 9.17) is 17.4 Å². The van der Waals surface area contributed by atoms with Gasteiger partial charge in [-0.05, 0) is 40.2 Å². The first kappa shape index (κ1) is 14.6. The van der Waals surface area contributed by atoms with Gasteiger partial charge in [0.1, 0.15) is 11.4 Å². The number of hydrazine groups is 1. The van der Waals surface area contributed by atoms with E-state index in [2.05, 4.69) is 26.7 Å². The highest BCUT2D eigenvalue weighted by molar-refractivity contribution is 9.10. The first-order valence-electron chi connectivity index (χ1n) is 5.49. The number of nitro groups is 1. The van der Waals surface area contributed by atoms with Gasteiger partial charge in [0.25, 0.3) is 0 Å². The molecule has 0 bridgehead atoms. The smallest absolute Gasteiger partial charge is 0.316 e. The first-order chi connectivity index (χ1) is 9.54. The number of rotatable bonds is 4. The fourth-order valence-electron chi connectivity index (χ4n) is 1.70. The molecule has 4 N–H and O–H groups in total. The molecule has 0 unspecified atom stereocenters. The Labute approximate surface area is 128 Å². The molecular formula is C12H10BrClN4O2. The molecule has 0 saturated carbocycles. The highest BCUT2D eigenvalue weighted by atomic mass is 79.9. The zero-order chi connectivity index (χ0) is 14.7. The first-order valence-corrected chi connectivity index (χ1v) is 6.66. The second-order valence-corrected chi connectivity index (χ2v) is 5.03. The number of anilines is 3. The maximum absolute atomic E-state index is 11.2. The zero-order valence-corrected chi connectivity index (χ0v) is 12.4.